The lowest BCUT2D eigenvalue weighted by molar-refractivity contribution is 1.06. The van der Waals surface area contributed by atoms with Crippen molar-refractivity contribution in [3.8, 4) is 11.4 Å². The summed E-state index contributed by atoms with van der Waals surface area (Å²) in [6.07, 6.45) is 0. The number of benzene rings is 3. The van der Waals surface area contributed by atoms with Crippen LogP contribution in [0, 0.1) is 0 Å². The number of aromatic nitrogens is 2. The molecule has 0 saturated carbocycles. The summed E-state index contributed by atoms with van der Waals surface area (Å²) in [6, 6.07) is 23.4. The molecule has 0 aliphatic heterocycles. The van der Waals surface area contributed by atoms with Crippen LogP contribution in [0.4, 0.5) is 11.5 Å². The van der Waals surface area contributed by atoms with Gasteiger partial charge in [-0.25, -0.2) is 9.97 Å². The van der Waals surface area contributed by atoms with Crippen molar-refractivity contribution in [1.82, 2.24) is 9.97 Å². The first kappa shape index (κ1) is 18.5. The van der Waals surface area contributed by atoms with Gasteiger partial charge in [0, 0.05) is 34.7 Å². The Balaban J connectivity index is 1.59. The highest BCUT2D eigenvalue weighted by Crippen LogP contribution is 2.31. The number of anilines is 2. The second kappa shape index (κ2) is 8.46. The number of para-hydroxylation sites is 2. The fourth-order valence-corrected chi connectivity index (χ4v) is 3.44. The molecule has 1 heterocycles. The van der Waals surface area contributed by atoms with Gasteiger partial charge in [0.2, 0.25) is 0 Å². The van der Waals surface area contributed by atoms with Crippen LogP contribution in [0.25, 0.3) is 22.3 Å². The monoisotopic (exact) mass is 408 g/mol. The Morgan fingerprint density at radius 1 is 0.750 bits per heavy atom. The summed E-state index contributed by atoms with van der Waals surface area (Å²) < 4.78 is 0. The number of fused-ring (bicyclic) bond motifs is 1. The highest BCUT2D eigenvalue weighted by molar-refractivity contribution is 6.36. The predicted octanol–water partition coefficient (Wildman–Crippen LogP) is 6.13. The van der Waals surface area contributed by atoms with Crippen LogP contribution in [0.1, 0.15) is 0 Å². The zero-order valence-electron chi connectivity index (χ0n) is 15.0. The number of nitrogens with zero attached hydrogens (tertiary/aromatic N) is 2. The van der Waals surface area contributed by atoms with E-state index in [9.17, 15) is 0 Å². The van der Waals surface area contributed by atoms with Crippen molar-refractivity contribution in [2.45, 2.75) is 0 Å². The average Bonchev–Trinajstić information content (AvgIpc) is 2.72. The van der Waals surface area contributed by atoms with Crippen molar-refractivity contribution in [1.29, 1.82) is 0 Å². The first-order valence-corrected chi connectivity index (χ1v) is 9.71. The van der Waals surface area contributed by atoms with Gasteiger partial charge in [0.1, 0.15) is 5.82 Å². The summed E-state index contributed by atoms with van der Waals surface area (Å²) in [5.74, 6) is 1.35. The van der Waals surface area contributed by atoms with Gasteiger partial charge in [-0.2, -0.15) is 0 Å². The summed E-state index contributed by atoms with van der Waals surface area (Å²) in [4.78, 5) is 9.41. The highest BCUT2D eigenvalue weighted by Gasteiger charge is 2.12. The first-order valence-electron chi connectivity index (χ1n) is 8.96. The number of hydrogen-bond acceptors (Lipinski definition) is 4. The zero-order valence-corrected chi connectivity index (χ0v) is 16.5. The first-order chi connectivity index (χ1) is 13.7. The molecule has 0 aliphatic carbocycles. The minimum absolute atomic E-state index is 0.527. The minimum Gasteiger partial charge on any atom is -0.383 e. The summed E-state index contributed by atoms with van der Waals surface area (Å²) in [6.45, 7) is 1.48. The van der Waals surface area contributed by atoms with E-state index in [1.165, 1.54) is 0 Å². The minimum atomic E-state index is 0.527. The van der Waals surface area contributed by atoms with E-state index in [1.807, 2.05) is 60.7 Å². The van der Waals surface area contributed by atoms with Crippen LogP contribution in [-0.2, 0) is 0 Å². The molecule has 6 heteroatoms. The van der Waals surface area contributed by atoms with Gasteiger partial charge in [0.05, 0.1) is 10.5 Å². The molecule has 140 valence electrons. The fraction of sp³-hybridized carbons (Fsp3) is 0.0909. The third-order valence-corrected chi connectivity index (χ3v) is 4.84. The van der Waals surface area contributed by atoms with Gasteiger partial charge in [-0.3, -0.25) is 0 Å². The van der Waals surface area contributed by atoms with E-state index in [4.69, 9.17) is 28.2 Å². The average molecular weight is 409 g/mol. The molecule has 3 aromatic carbocycles. The molecule has 0 saturated heterocycles. The Kier molecular flexibility index (Phi) is 5.60. The maximum absolute atomic E-state index is 6.37. The number of halogens is 2. The molecule has 0 aliphatic rings. The molecule has 2 N–H and O–H groups in total. The van der Waals surface area contributed by atoms with Crippen molar-refractivity contribution >= 4 is 45.6 Å². The number of hydrogen-bond donors (Lipinski definition) is 2. The molecule has 0 fully saturated rings. The quantitative estimate of drug-likeness (QED) is 0.376. The van der Waals surface area contributed by atoms with Crippen molar-refractivity contribution in [3.05, 3.63) is 82.8 Å². The van der Waals surface area contributed by atoms with Crippen LogP contribution >= 0.6 is 23.2 Å². The molecule has 0 bridgehead atoms. The highest BCUT2D eigenvalue weighted by atomic mass is 35.5. The van der Waals surface area contributed by atoms with Gasteiger partial charge in [-0.1, -0.05) is 53.5 Å². The van der Waals surface area contributed by atoms with Crippen molar-refractivity contribution < 1.29 is 0 Å². The molecule has 4 nitrogen and oxygen atoms in total. The molecular formula is C22H18Cl2N4. The summed E-state index contributed by atoms with van der Waals surface area (Å²) in [7, 11) is 0. The van der Waals surface area contributed by atoms with Crippen LogP contribution < -0.4 is 10.6 Å². The maximum atomic E-state index is 6.37. The van der Waals surface area contributed by atoms with Crippen molar-refractivity contribution in [2.24, 2.45) is 0 Å². The Morgan fingerprint density at radius 2 is 1.50 bits per heavy atom. The second-order valence-electron chi connectivity index (χ2n) is 6.26. The summed E-state index contributed by atoms with van der Waals surface area (Å²) in [5, 5.41) is 8.88. The SMILES string of the molecule is Clc1ccc(-c2nc(NCCNc3ccccc3)c3ccccc3n2)c(Cl)c1. The smallest absolute Gasteiger partial charge is 0.163 e. The Morgan fingerprint density at radius 3 is 2.32 bits per heavy atom. The largest absolute Gasteiger partial charge is 0.383 e. The van der Waals surface area contributed by atoms with E-state index in [2.05, 4.69) is 15.6 Å². The molecule has 0 atom stereocenters. The molecule has 28 heavy (non-hydrogen) atoms. The third-order valence-electron chi connectivity index (χ3n) is 4.30. The molecule has 0 unspecified atom stereocenters. The van der Waals surface area contributed by atoms with Gasteiger partial charge in [0.25, 0.3) is 0 Å². The van der Waals surface area contributed by atoms with Crippen LogP contribution in [0.15, 0.2) is 72.8 Å². The molecule has 0 radical (unpaired) electrons. The van der Waals surface area contributed by atoms with E-state index < -0.39 is 0 Å². The van der Waals surface area contributed by atoms with E-state index in [-0.39, 0.29) is 0 Å². The van der Waals surface area contributed by atoms with Crippen LogP contribution in [0.3, 0.4) is 0 Å². The van der Waals surface area contributed by atoms with Gasteiger partial charge >= 0.3 is 0 Å². The zero-order chi connectivity index (χ0) is 19.3. The topological polar surface area (TPSA) is 49.8 Å². The number of nitrogens with one attached hydrogen (secondary N) is 2. The summed E-state index contributed by atoms with van der Waals surface area (Å²) in [5.41, 5.74) is 2.70. The van der Waals surface area contributed by atoms with E-state index in [0.29, 0.717) is 22.4 Å². The Labute approximate surface area is 173 Å². The van der Waals surface area contributed by atoms with E-state index in [1.54, 1.807) is 12.1 Å². The molecule has 0 spiro atoms. The normalized spacial score (nSPS) is 10.8. The van der Waals surface area contributed by atoms with Crippen molar-refractivity contribution in [3.63, 3.8) is 0 Å². The fourth-order valence-electron chi connectivity index (χ4n) is 2.95. The van der Waals surface area contributed by atoms with Crippen molar-refractivity contribution in [2.75, 3.05) is 23.7 Å². The molecule has 0 amide bonds. The van der Waals surface area contributed by atoms with E-state index in [0.717, 1.165) is 34.5 Å². The van der Waals surface area contributed by atoms with Crippen LogP contribution in [0.2, 0.25) is 10.0 Å². The molecule has 4 aromatic rings. The predicted molar refractivity (Wildman–Crippen MR) is 118 cm³/mol. The Hall–Kier alpha value is -2.82. The summed E-state index contributed by atoms with van der Waals surface area (Å²) >= 11 is 12.4. The molecule has 4 rings (SSSR count). The van der Waals surface area contributed by atoms with Gasteiger partial charge in [-0.15, -0.1) is 0 Å². The maximum Gasteiger partial charge on any atom is 0.163 e. The second-order valence-corrected chi connectivity index (χ2v) is 7.10. The van der Waals surface area contributed by atoms with Gasteiger partial charge in [0.15, 0.2) is 5.82 Å². The third kappa shape index (κ3) is 4.19. The lowest BCUT2D eigenvalue weighted by Crippen LogP contribution is -2.15. The van der Waals surface area contributed by atoms with Crippen LogP contribution in [-0.4, -0.2) is 23.1 Å². The molecule has 1 aromatic heterocycles. The lowest BCUT2D eigenvalue weighted by atomic mass is 10.2. The van der Waals surface area contributed by atoms with Gasteiger partial charge in [-0.05, 0) is 42.5 Å². The lowest BCUT2D eigenvalue weighted by Gasteiger charge is -2.12. The standard InChI is InChI=1S/C22H18Cl2N4/c23-15-10-11-17(19(24)14-15)22-27-20-9-5-4-8-18(20)21(28-22)26-13-12-25-16-6-2-1-3-7-16/h1-11,14,25H,12-13H2,(H,26,27,28). The Bertz CT molecular complexity index is 1100. The van der Waals surface area contributed by atoms with Crippen LogP contribution in [0.5, 0.6) is 0 Å². The number of rotatable bonds is 6. The van der Waals surface area contributed by atoms with E-state index >= 15 is 0 Å². The molecular weight excluding hydrogens is 391 g/mol. The van der Waals surface area contributed by atoms with Gasteiger partial charge < -0.3 is 10.6 Å².